The fourth-order valence-electron chi connectivity index (χ4n) is 2.06. The normalized spacial score (nSPS) is 11.3. The molecule has 2 aromatic heterocycles. The van der Waals surface area contributed by atoms with Gasteiger partial charge in [0.15, 0.2) is 6.10 Å². The standard InChI is InChI=1S/C16H15N3O6/c1-9-12(11(8-17)14(24-9)19-6-4-5-7-19)15(21)25-10(2)13(20)18-16(22)23-3/h4-7,10H,1-3H3,(H,18,20,22)/t10-/m1/s1. The second-order valence-corrected chi connectivity index (χ2v) is 4.94. The fourth-order valence-corrected chi connectivity index (χ4v) is 2.06. The Morgan fingerprint density at radius 2 is 1.96 bits per heavy atom. The van der Waals surface area contributed by atoms with Crippen LogP contribution in [0.3, 0.4) is 0 Å². The van der Waals surface area contributed by atoms with E-state index in [1.807, 2.05) is 11.4 Å². The van der Waals surface area contributed by atoms with E-state index in [-0.39, 0.29) is 22.8 Å². The zero-order valence-electron chi connectivity index (χ0n) is 13.7. The topological polar surface area (TPSA) is 124 Å². The largest absolute Gasteiger partial charge is 0.453 e. The van der Waals surface area contributed by atoms with Crippen LogP contribution in [-0.2, 0) is 14.3 Å². The van der Waals surface area contributed by atoms with E-state index in [1.165, 1.54) is 18.4 Å². The first-order valence-corrected chi connectivity index (χ1v) is 7.15. The van der Waals surface area contributed by atoms with Crippen molar-refractivity contribution >= 4 is 18.0 Å². The number of amides is 2. The molecule has 25 heavy (non-hydrogen) atoms. The van der Waals surface area contributed by atoms with Crippen LogP contribution in [-0.4, -0.2) is 35.8 Å². The van der Waals surface area contributed by atoms with Gasteiger partial charge in [-0.3, -0.25) is 14.7 Å². The summed E-state index contributed by atoms with van der Waals surface area (Å²) in [7, 11) is 1.09. The summed E-state index contributed by atoms with van der Waals surface area (Å²) in [6.45, 7) is 2.79. The molecule has 9 heteroatoms. The lowest BCUT2D eigenvalue weighted by Gasteiger charge is -2.12. The monoisotopic (exact) mass is 345 g/mol. The Morgan fingerprint density at radius 3 is 2.52 bits per heavy atom. The molecule has 2 amide bonds. The predicted octanol–water partition coefficient (Wildman–Crippen LogP) is 1.68. The molecule has 2 rings (SSSR count). The van der Waals surface area contributed by atoms with E-state index in [0.29, 0.717) is 0 Å². The van der Waals surface area contributed by atoms with E-state index in [1.54, 1.807) is 24.5 Å². The summed E-state index contributed by atoms with van der Waals surface area (Å²) in [5.74, 6) is -1.43. The maximum atomic E-state index is 12.4. The van der Waals surface area contributed by atoms with Crippen molar-refractivity contribution in [3.63, 3.8) is 0 Å². The highest BCUT2D eigenvalue weighted by Crippen LogP contribution is 2.26. The summed E-state index contributed by atoms with van der Waals surface area (Å²) >= 11 is 0. The zero-order chi connectivity index (χ0) is 18.6. The molecular weight excluding hydrogens is 330 g/mol. The summed E-state index contributed by atoms with van der Waals surface area (Å²) in [6.07, 6.45) is 1.06. The van der Waals surface area contributed by atoms with Crippen molar-refractivity contribution in [2.45, 2.75) is 20.0 Å². The maximum Gasteiger partial charge on any atom is 0.413 e. The number of furan rings is 1. The predicted molar refractivity (Wildman–Crippen MR) is 82.9 cm³/mol. The molecule has 0 radical (unpaired) electrons. The van der Waals surface area contributed by atoms with Gasteiger partial charge in [0.25, 0.3) is 5.91 Å². The number of alkyl carbamates (subject to hydrolysis) is 1. The van der Waals surface area contributed by atoms with Gasteiger partial charge in [0, 0.05) is 12.4 Å². The average Bonchev–Trinajstić information content (AvgIpc) is 3.21. The van der Waals surface area contributed by atoms with Crippen LogP contribution in [0.2, 0.25) is 0 Å². The molecule has 0 saturated heterocycles. The number of carbonyl (C=O) groups is 3. The lowest BCUT2D eigenvalue weighted by molar-refractivity contribution is -0.128. The van der Waals surface area contributed by atoms with Crippen LogP contribution in [0, 0.1) is 18.3 Å². The summed E-state index contributed by atoms with van der Waals surface area (Å²) in [4.78, 5) is 35.1. The van der Waals surface area contributed by atoms with Gasteiger partial charge in [-0.2, -0.15) is 5.26 Å². The quantitative estimate of drug-likeness (QED) is 0.836. The van der Waals surface area contributed by atoms with Crippen molar-refractivity contribution in [1.82, 2.24) is 9.88 Å². The molecule has 9 nitrogen and oxygen atoms in total. The van der Waals surface area contributed by atoms with E-state index in [2.05, 4.69) is 4.74 Å². The van der Waals surface area contributed by atoms with E-state index in [9.17, 15) is 19.6 Å². The van der Waals surface area contributed by atoms with Gasteiger partial charge in [-0.1, -0.05) is 0 Å². The van der Waals surface area contributed by atoms with Crippen molar-refractivity contribution in [2.24, 2.45) is 0 Å². The Kier molecular flexibility index (Phi) is 5.24. The number of carbonyl (C=O) groups excluding carboxylic acids is 3. The summed E-state index contributed by atoms with van der Waals surface area (Å²) < 4.78 is 16.3. The zero-order valence-corrected chi connectivity index (χ0v) is 13.7. The SMILES string of the molecule is COC(=O)NC(=O)[C@@H](C)OC(=O)c1c(C)oc(-n2cccc2)c1C#N. The van der Waals surface area contributed by atoms with Gasteiger partial charge in [0.2, 0.25) is 5.88 Å². The molecule has 1 N–H and O–H groups in total. The van der Waals surface area contributed by atoms with Crippen LogP contribution in [0.1, 0.15) is 28.6 Å². The number of esters is 1. The van der Waals surface area contributed by atoms with Crippen molar-refractivity contribution in [3.05, 3.63) is 41.4 Å². The van der Waals surface area contributed by atoms with E-state index < -0.39 is 24.1 Å². The second kappa shape index (κ2) is 7.35. The molecule has 0 unspecified atom stereocenters. The first-order valence-electron chi connectivity index (χ1n) is 7.15. The van der Waals surface area contributed by atoms with Gasteiger partial charge in [-0.15, -0.1) is 0 Å². The van der Waals surface area contributed by atoms with Crippen molar-refractivity contribution in [3.8, 4) is 12.0 Å². The number of methoxy groups -OCH3 is 1. The Balaban J connectivity index is 2.24. The minimum Gasteiger partial charge on any atom is -0.453 e. The van der Waals surface area contributed by atoms with Crippen molar-refractivity contribution < 1.29 is 28.3 Å². The van der Waals surface area contributed by atoms with Gasteiger partial charge >= 0.3 is 12.1 Å². The van der Waals surface area contributed by atoms with Crippen LogP contribution < -0.4 is 5.32 Å². The second-order valence-electron chi connectivity index (χ2n) is 4.94. The fraction of sp³-hybridized carbons (Fsp3) is 0.250. The molecule has 0 aliphatic carbocycles. The molecule has 0 bridgehead atoms. The molecule has 0 aromatic carbocycles. The van der Waals surface area contributed by atoms with Crippen LogP contribution in [0.4, 0.5) is 4.79 Å². The van der Waals surface area contributed by atoms with Crippen molar-refractivity contribution in [1.29, 1.82) is 5.26 Å². The number of ether oxygens (including phenoxy) is 2. The molecule has 0 aliphatic rings. The molecule has 0 spiro atoms. The van der Waals surface area contributed by atoms with Gasteiger partial charge in [-0.25, -0.2) is 9.59 Å². The molecule has 2 heterocycles. The maximum absolute atomic E-state index is 12.4. The third-order valence-electron chi connectivity index (χ3n) is 3.28. The summed E-state index contributed by atoms with van der Waals surface area (Å²) in [6, 6.07) is 5.37. The highest BCUT2D eigenvalue weighted by molar-refractivity contribution is 5.98. The highest BCUT2D eigenvalue weighted by Gasteiger charge is 2.28. The van der Waals surface area contributed by atoms with Gasteiger partial charge in [-0.05, 0) is 26.0 Å². The molecule has 130 valence electrons. The summed E-state index contributed by atoms with van der Waals surface area (Å²) in [5.41, 5.74) is -0.0943. The Labute approximate surface area is 142 Å². The van der Waals surface area contributed by atoms with E-state index in [4.69, 9.17) is 9.15 Å². The van der Waals surface area contributed by atoms with E-state index >= 15 is 0 Å². The van der Waals surface area contributed by atoms with Crippen LogP contribution >= 0.6 is 0 Å². The third-order valence-corrected chi connectivity index (χ3v) is 3.28. The number of nitrogens with zero attached hydrogens (tertiary/aromatic N) is 2. The molecule has 0 fully saturated rings. The molecule has 0 aliphatic heterocycles. The van der Waals surface area contributed by atoms with Crippen molar-refractivity contribution in [2.75, 3.05) is 7.11 Å². The lowest BCUT2D eigenvalue weighted by Crippen LogP contribution is -2.39. The van der Waals surface area contributed by atoms with Gasteiger partial charge < -0.3 is 13.9 Å². The third kappa shape index (κ3) is 3.69. The Hall–Kier alpha value is -3.54. The number of nitrogens with one attached hydrogen (secondary N) is 1. The highest BCUT2D eigenvalue weighted by atomic mass is 16.6. The Morgan fingerprint density at radius 1 is 1.32 bits per heavy atom. The lowest BCUT2D eigenvalue weighted by atomic mass is 10.1. The Bertz CT molecular complexity index is 844. The number of imide groups is 1. The minimum absolute atomic E-state index is 0.0146. The number of aromatic nitrogens is 1. The van der Waals surface area contributed by atoms with Crippen LogP contribution in [0.25, 0.3) is 5.88 Å². The van der Waals surface area contributed by atoms with Gasteiger partial charge in [0.05, 0.1) is 7.11 Å². The molecular formula is C16H15N3O6. The number of aryl methyl sites for hydroxylation is 1. The average molecular weight is 345 g/mol. The smallest absolute Gasteiger partial charge is 0.413 e. The molecule has 1 atom stereocenters. The molecule has 2 aromatic rings. The number of nitriles is 1. The number of hydrogen-bond acceptors (Lipinski definition) is 7. The van der Waals surface area contributed by atoms with Crippen LogP contribution in [0.15, 0.2) is 28.9 Å². The number of hydrogen-bond donors (Lipinski definition) is 1. The van der Waals surface area contributed by atoms with Gasteiger partial charge in [0.1, 0.15) is 23.0 Å². The first kappa shape index (κ1) is 17.8. The number of rotatable bonds is 4. The molecule has 0 saturated carbocycles. The minimum atomic E-state index is -1.28. The first-order chi connectivity index (χ1) is 11.9. The van der Waals surface area contributed by atoms with Crippen LogP contribution in [0.5, 0.6) is 0 Å². The summed E-state index contributed by atoms with van der Waals surface area (Å²) in [5, 5.41) is 11.3. The van der Waals surface area contributed by atoms with E-state index in [0.717, 1.165) is 7.11 Å².